The molecule has 8 heteroatoms. The molecule has 2 aromatic rings. The number of aliphatic hydroxyl groups is 1. The standard InChI is InChI=1S/C33H43N5O3/c1-4-5-6-11-26(3)29-21-34-16-18-38(29)31(40)36-17-15-33(41,32(22-36)13-7-8-14-32)23-37-24-35-28(20-30(37)39)27-12-9-10-25(2)19-27/h4-6,9-12,19-20,24,29,34,41H,3,7-8,13-18,21-23H2,1-2H3/b5-4-,11-6-/t29-,33+/m0/s1. The first-order chi connectivity index (χ1) is 19.7. The Hall–Kier alpha value is -3.49. The van der Waals surface area contributed by atoms with Crippen molar-refractivity contribution in [3.8, 4) is 11.3 Å². The van der Waals surface area contributed by atoms with Gasteiger partial charge in [0.15, 0.2) is 0 Å². The Morgan fingerprint density at radius 1 is 1.20 bits per heavy atom. The summed E-state index contributed by atoms with van der Waals surface area (Å²) in [7, 11) is 0. The lowest BCUT2D eigenvalue weighted by atomic mass is 9.66. The summed E-state index contributed by atoms with van der Waals surface area (Å²) in [5.74, 6) is 0. The van der Waals surface area contributed by atoms with Gasteiger partial charge in [-0.05, 0) is 44.7 Å². The molecule has 3 heterocycles. The Kier molecular flexibility index (Phi) is 8.61. The molecule has 2 aliphatic heterocycles. The van der Waals surface area contributed by atoms with Crippen LogP contribution >= 0.6 is 0 Å². The van der Waals surface area contributed by atoms with Gasteiger partial charge < -0.3 is 20.2 Å². The molecule has 1 spiro atoms. The van der Waals surface area contributed by atoms with Crippen LogP contribution in [0.5, 0.6) is 0 Å². The number of nitrogens with zero attached hydrogens (tertiary/aromatic N) is 4. The maximum Gasteiger partial charge on any atom is 0.320 e. The number of aryl methyl sites for hydroxylation is 1. The predicted octanol–water partition coefficient (Wildman–Crippen LogP) is 4.30. The molecule has 0 bridgehead atoms. The first kappa shape index (κ1) is 29.0. The number of benzene rings is 1. The Balaban J connectivity index is 1.34. The molecule has 1 aromatic carbocycles. The Morgan fingerprint density at radius 2 is 2.00 bits per heavy atom. The van der Waals surface area contributed by atoms with Gasteiger partial charge in [-0.3, -0.25) is 9.36 Å². The van der Waals surface area contributed by atoms with Gasteiger partial charge in [-0.2, -0.15) is 0 Å². The monoisotopic (exact) mass is 557 g/mol. The summed E-state index contributed by atoms with van der Waals surface area (Å²) in [4.78, 5) is 35.6. The van der Waals surface area contributed by atoms with E-state index in [1.54, 1.807) is 17.0 Å². The van der Waals surface area contributed by atoms with Gasteiger partial charge in [-0.25, -0.2) is 9.78 Å². The lowest BCUT2D eigenvalue weighted by Crippen LogP contribution is -2.65. The average molecular weight is 558 g/mol. The molecule has 1 saturated carbocycles. The number of carbonyl (C=O) groups excluding carboxylic acids is 1. The van der Waals surface area contributed by atoms with Crippen LogP contribution in [-0.2, 0) is 6.54 Å². The van der Waals surface area contributed by atoms with Gasteiger partial charge in [0.2, 0.25) is 0 Å². The molecule has 8 nitrogen and oxygen atoms in total. The fraction of sp³-hybridized carbons (Fsp3) is 0.485. The predicted molar refractivity (Wildman–Crippen MR) is 163 cm³/mol. The van der Waals surface area contributed by atoms with E-state index in [0.29, 0.717) is 38.3 Å². The van der Waals surface area contributed by atoms with Crippen molar-refractivity contribution in [2.24, 2.45) is 5.41 Å². The molecule has 3 fully saturated rings. The highest BCUT2D eigenvalue weighted by Crippen LogP contribution is 2.51. The maximum absolute atomic E-state index is 14.0. The van der Waals surface area contributed by atoms with Crippen molar-refractivity contribution >= 4 is 6.03 Å². The summed E-state index contributed by atoms with van der Waals surface area (Å²) in [5, 5.41) is 15.6. The number of rotatable bonds is 6. The molecule has 2 atom stereocenters. The van der Waals surface area contributed by atoms with Crippen molar-refractivity contribution in [2.75, 3.05) is 32.7 Å². The van der Waals surface area contributed by atoms with Crippen molar-refractivity contribution in [3.05, 3.63) is 89.0 Å². The van der Waals surface area contributed by atoms with E-state index >= 15 is 0 Å². The zero-order chi connectivity index (χ0) is 29.0. The van der Waals surface area contributed by atoms with Crippen LogP contribution in [0.2, 0.25) is 0 Å². The smallest absolute Gasteiger partial charge is 0.320 e. The fourth-order valence-electron chi connectivity index (χ4n) is 6.90. The molecule has 1 aliphatic carbocycles. The normalized spacial score (nSPS) is 24.5. The molecular weight excluding hydrogens is 514 g/mol. The average Bonchev–Trinajstić information content (AvgIpc) is 3.45. The highest BCUT2D eigenvalue weighted by molar-refractivity contribution is 5.76. The number of allylic oxidation sites excluding steroid dienone is 3. The minimum atomic E-state index is -1.10. The lowest BCUT2D eigenvalue weighted by Gasteiger charge is -2.53. The molecule has 218 valence electrons. The largest absolute Gasteiger partial charge is 0.387 e. The van der Waals surface area contributed by atoms with Crippen molar-refractivity contribution in [2.45, 2.75) is 64.1 Å². The first-order valence-electron chi connectivity index (χ1n) is 14.9. The number of carbonyl (C=O) groups is 1. The van der Waals surface area contributed by atoms with Crippen LogP contribution in [0.25, 0.3) is 11.3 Å². The summed E-state index contributed by atoms with van der Waals surface area (Å²) in [5.41, 5.74) is 1.80. The number of hydrogen-bond donors (Lipinski definition) is 2. The molecule has 1 aromatic heterocycles. The lowest BCUT2D eigenvalue weighted by molar-refractivity contribution is -0.136. The number of piperidine rings is 1. The van der Waals surface area contributed by atoms with E-state index < -0.39 is 11.0 Å². The zero-order valence-corrected chi connectivity index (χ0v) is 24.4. The van der Waals surface area contributed by atoms with E-state index in [1.165, 1.54) is 0 Å². The molecule has 3 aliphatic rings. The summed E-state index contributed by atoms with van der Waals surface area (Å²) < 4.78 is 1.55. The molecule has 5 rings (SSSR count). The minimum absolute atomic E-state index is 0.00625. The Morgan fingerprint density at radius 3 is 2.73 bits per heavy atom. The number of amides is 2. The molecule has 2 saturated heterocycles. The molecule has 0 radical (unpaired) electrons. The second-order valence-corrected chi connectivity index (χ2v) is 12.0. The maximum atomic E-state index is 14.0. The Bertz CT molecular complexity index is 1390. The summed E-state index contributed by atoms with van der Waals surface area (Å²) in [6, 6.07) is 9.37. The molecule has 0 unspecified atom stereocenters. The van der Waals surface area contributed by atoms with E-state index in [-0.39, 0.29) is 24.2 Å². The number of nitrogens with one attached hydrogen (secondary N) is 1. The van der Waals surface area contributed by atoms with Crippen molar-refractivity contribution in [3.63, 3.8) is 0 Å². The van der Waals surface area contributed by atoms with Crippen LogP contribution < -0.4 is 10.9 Å². The number of aromatic nitrogens is 2. The minimum Gasteiger partial charge on any atom is -0.387 e. The number of hydrogen-bond acceptors (Lipinski definition) is 5. The molecule has 41 heavy (non-hydrogen) atoms. The number of urea groups is 1. The summed E-state index contributed by atoms with van der Waals surface area (Å²) in [6.45, 7) is 11.4. The zero-order valence-electron chi connectivity index (χ0n) is 24.4. The number of likely N-dealkylation sites (tertiary alicyclic amines) is 1. The van der Waals surface area contributed by atoms with E-state index in [2.05, 4.69) is 16.9 Å². The third-order valence-corrected chi connectivity index (χ3v) is 9.26. The molecule has 2 amide bonds. The van der Waals surface area contributed by atoms with Crippen molar-refractivity contribution in [1.29, 1.82) is 0 Å². The molecule has 2 N–H and O–H groups in total. The van der Waals surface area contributed by atoms with E-state index in [1.807, 2.05) is 72.2 Å². The number of piperazine rings is 1. The van der Waals surface area contributed by atoms with Crippen LogP contribution in [0.3, 0.4) is 0 Å². The van der Waals surface area contributed by atoms with E-state index in [0.717, 1.165) is 48.9 Å². The SMILES string of the molecule is C=C(/C=C\C=C/C)[C@@H]1CNCCN1C(=O)N1CC[C@@](O)(Cn2cnc(-c3cccc(C)c3)cc2=O)C2(CCCC2)C1. The van der Waals surface area contributed by atoms with Gasteiger partial charge in [-0.1, -0.05) is 67.5 Å². The van der Waals surface area contributed by atoms with Gasteiger partial charge >= 0.3 is 6.03 Å². The van der Waals surface area contributed by atoms with Gasteiger partial charge in [0.05, 0.1) is 30.2 Å². The molecular formula is C33H43N5O3. The van der Waals surface area contributed by atoms with E-state index in [4.69, 9.17) is 0 Å². The highest BCUT2D eigenvalue weighted by Gasteiger charge is 2.56. The third-order valence-electron chi connectivity index (χ3n) is 9.26. The second kappa shape index (κ2) is 12.2. The fourth-order valence-corrected chi connectivity index (χ4v) is 6.90. The summed E-state index contributed by atoms with van der Waals surface area (Å²) >= 11 is 0. The quantitative estimate of drug-likeness (QED) is 0.517. The topological polar surface area (TPSA) is 90.7 Å². The van der Waals surface area contributed by atoms with Gasteiger partial charge in [0.25, 0.3) is 5.56 Å². The van der Waals surface area contributed by atoms with Gasteiger partial charge in [0, 0.05) is 49.8 Å². The van der Waals surface area contributed by atoms with Crippen molar-refractivity contribution in [1.82, 2.24) is 24.7 Å². The van der Waals surface area contributed by atoms with Crippen molar-refractivity contribution < 1.29 is 9.90 Å². The third kappa shape index (κ3) is 5.95. The first-order valence-corrected chi connectivity index (χ1v) is 14.9. The van der Waals surface area contributed by atoms with Crippen LogP contribution in [-0.4, -0.2) is 74.9 Å². The van der Waals surface area contributed by atoms with Crippen LogP contribution in [0.1, 0.15) is 44.6 Å². The van der Waals surface area contributed by atoms with Gasteiger partial charge in [0.1, 0.15) is 0 Å². The van der Waals surface area contributed by atoms with E-state index in [9.17, 15) is 14.7 Å². The van der Waals surface area contributed by atoms with Crippen LogP contribution in [0.15, 0.2) is 77.9 Å². The van der Waals surface area contributed by atoms with Crippen LogP contribution in [0.4, 0.5) is 4.79 Å². The Labute approximate surface area is 243 Å². The second-order valence-electron chi connectivity index (χ2n) is 12.0. The van der Waals surface area contributed by atoms with Crippen LogP contribution in [0, 0.1) is 12.3 Å². The summed E-state index contributed by atoms with van der Waals surface area (Å²) in [6.07, 6.45) is 13.5. The van der Waals surface area contributed by atoms with Gasteiger partial charge in [-0.15, -0.1) is 0 Å². The highest BCUT2D eigenvalue weighted by atomic mass is 16.3.